The summed E-state index contributed by atoms with van der Waals surface area (Å²) in [6.45, 7) is 6.21. The van der Waals surface area contributed by atoms with Crippen molar-refractivity contribution in [2.24, 2.45) is 0 Å². The Bertz CT molecular complexity index is 940. The molecule has 0 saturated carbocycles. The lowest BCUT2D eigenvalue weighted by molar-refractivity contribution is 0.102. The third-order valence-electron chi connectivity index (χ3n) is 3.93. The summed E-state index contributed by atoms with van der Waals surface area (Å²) in [5.41, 5.74) is 1.43. The molecule has 0 spiro atoms. The van der Waals surface area contributed by atoms with E-state index in [1.165, 1.54) is 23.6 Å². The Labute approximate surface area is 154 Å². The minimum atomic E-state index is -0.689. The Kier molecular flexibility index (Phi) is 4.87. The Morgan fingerprint density at radius 1 is 1.08 bits per heavy atom. The number of nitrogens with zero attached hydrogens (tertiary/aromatic N) is 1. The van der Waals surface area contributed by atoms with Crippen molar-refractivity contribution in [2.75, 3.05) is 5.32 Å². The van der Waals surface area contributed by atoms with Crippen LogP contribution in [0.1, 0.15) is 36.7 Å². The van der Waals surface area contributed by atoms with Gasteiger partial charge in [0.2, 0.25) is 0 Å². The molecule has 26 heavy (non-hydrogen) atoms. The topological polar surface area (TPSA) is 42.0 Å². The lowest BCUT2D eigenvalue weighted by atomic mass is 9.86. The molecule has 0 aliphatic carbocycles. The number of thiazole rings is 1. The second kappa shape index (κ2) is 6.96. The van der Waals surface area contributed by atoms with Crippen molar-refractivity contribution in [3.63, 3.8) is 0 Å². The van der Waals surface area contributed by atoms with E-state index < -0.39 is 11.6 Å². The Morgan fingerprint density at radius 3 is 2.38 bits per heavy atom. The molecule has 0 atom stereocenters. The molecule has 3 nitrogen and oxygen atoms in total. The number of amides is 1. The highest BCUT2D eigenvalue weighted by Gasteiger charge is 2.18. The van der Waals surface area contributed by atoms with Crippen molar-refractivity contribution >= 4 is 22.4 Å². The van der Waals surface area contributed by atoms with Gasteiger partial charge in [0.05, 0.1) is 11.3 Å². The SMILES string of the molecule is CC(C)(C)c1cccc(C(=O)Nc2nc(-c3c(F)cccc3F)cs2)c1. The fraction of sp³-hybridized carbons (Fsp3) is 0.200. The Hall–Kier alpha value is -2.60. The van der Waals surface area contributed by atoms with Crippen LogP contribution < -0.4 is 5.32 Å². The number of hydrogen-bond acceptors (Lipinski definition) is 3. The molecule has 1 N–H and O–H groups in total. The first-order valence-electron chi connectivity index (χ1n) is 8.07. The highest BCUT2D eigenvalue weighted by Crippen LogP contribution is 2.29. The monoisotopic (exact) mass is 372 g/mol. The summed E-state index contributed by atoms with van der Waals surface area (Å²) in [5.74, 6) is -1.69. The number of carbonyl (C=O) groups is 1. The quantitative estimate of drug-likeness (QED) is 0.647. The largest absolute Gasteiger partial charge is 0.298 e. The van der Waals surface area contributed by atoms with Gasteiger partial charge in [-0.3, -0.25) is 10.1 Å². The average Bonchev–Trinajstić information content (AvgIpc) is 3.02. The van der Waals surface area contributed by atoms with E-state index in [4.69, 9.17) is 0 Å². The summed E-state index contributed by atoms with van der Waals surface area (Å²) < 4.78 is 27.7. The molecule has 0 fully saturated rings. The molecule has 6 heteroatoms. The number of rotatable bonds is 3. The van der Waals surface area contributed by atoms with E-state index in [0.717, 1.165) is 16.9 Å². The van der Waals surface area contributed by atoms with Crippen LogP contribution in [0.4, 0.5) is 13.9 Å². The van der Waals surface area contributed by atoms with Crippen molar-refractivity contribution in [1.29, 1.82) is 0 Å². The van der Waals surface area contributed by atoms with E-state index in [9.17, 15) is 13.6 Å². The fourth-order valence-corrected chi connectivity index (χ4v) is 3.18. The zero-order chi connectivity index (χ0) is 18.9. The molecule has 1 heterocycles. The normalized spacial score (nSPS) is 11.4. The van der Waals surface area contributed by atoms with Crippen LogP contribution in [0.2, 0.25) is 0 Å². The van der Waals surface area contributed by atoms with Crippen LogP contribution in [-0.4, -0.2) is 10.9 Å². The van der Waals surface area contributed by atoms with Crippen molar-refractivity contribution in [3.05, 3.63) is 70.6 Å². The number of anilines is 1. The van der Waals surface area contributed by atoms with Gasteiger partial charge in [0.15, 0.2) is 5.13 Å². The molecule has 0 radical (unpaired) electrons. The molecule has 0 aliphatic rings. The summed E-state index contributed by atoms with van der Waals surface area (Å²) in [6.07, 6.45) is 0. The van der Waals surface area contributed by atoms with Gasteiger partial charge in [-0.25, -0.2) is 13.8 Å². The maximum atomic E-state index is 13.9. The van der Waals surface area contributed by atoms with Gasteiger partial charge in [-0.15, -0.1) is 11.3 Å². The standard InChI is InChI=1S/C20H18F2N2OS/c1-20(2,3)13-7-4-6-12(10-13)18(25)24-19-23-16(11-26-19)17-14(21)8-5-9-15(17)22/h4-11H,1-3H3,(H,23,24,25). The summed E-state index contributed by atoms with van der Waals surface area (Å²) in [6, 6.07) is 11.0. The van der Waals surface area contributed by atoms with Gasteiger partial charge in [-0.1, -0.05) is 39.0 Å². The average molecular weight is 372 g/mol. The second-order valence-electron chi connectivity index (χ2n) is 6.92. The van der Waals surface area contributed by atoms with E-state index in [1.54, 1.807) is 6.07 Å². The lowest BCUT2D eigenvalue weighted by Gasteiger charge is -2.19. The summed E-state index contributed by atoms with van der Waals surface area (Å²) in [4.78, 5) is 16.6. The number of halogens is 2. The molecule has 1 aromatic heterocycles. The van der Waals surface area contributed by atoms with Crippen molar-refractivity contribution in [3.8, 4) is 11.3 Å². The molecule has 1 amide bonds. The number of aromatic nitrogens is 1. The molecular weight excluding hydrogens is 354 g/mol. The summed E-state index contributed by atoms with van der Waals surface area (Å²) in [5, 5.41) is 4.49. The van der Waals surface area contributed by atoms with Crippen molar-refractivity contribution < 1.29 is 13.6 Å². The number of benzene rings is 2. The molecule has 0 saturated heterocycles. The first-order chi connectivity index (χ1) is 12.3. The van der Waals surface area contributed by atoms with Gasteiger partial charge in [-0.2, -0.15) is 0 Å². The van der Waals surface area contributed by atoms with E-state index >= 15 is 0 Å². The number of nitrogens with one attached hydrogen (secondary N) is 1. The maximum Gasteiger partial charge on any atom is 0.257 e. The third kappa shape index (κ3) is 3.80. The van der Waals surface area contributed by atoms with Crippen LogP contribution in [0, 0.1) is 11.6 Å². The van der Waals surface area contributed by atoms with E-state index in [-0.39, 0.29) is 27.7 Å². The van der Waals surface area contributed by atoms with Crippen molar-refractivity contribution in [2.45, 2.75) is 26.2 Å². The zero-order valence-corrected chi connectivity index (χ0v) is 15.5. The van der Waals surface area contributed by atoms with Crippen molar-refractivity contribution in [1.82, 2.24) is 4.98 Å². The highest BCUT2D eigenvalue weighted by molar-refractivity contribution is 7.14. The fourth-order valence-electron chi connectivity index (χ4n) is 2.48. The number of hydrogen-bond donors (Lipinski definition) is 1. The second-order valence-corrected chi connectivity index (χ2v) is 7.78. The first kappa shape index (κ1) is 18.2. The summed E-state index contributed by atoms with van der Waals surface area (Å²) >= 11 is 1.12. The summed E-state index contributed by atoms with van der Waals surface area (Å²) in [7, 11) is 0. The molecule has 3 rings (SSSR count). The van der Waals surface area contributed by atoms with Crippen LogP contribution >= 0.6 is 11.3 Å². The molecular formula is C20H18F2N2OS. The van der Waals surface area contributed by atoms with Gasteiger partial charge in [0.25, 0.3) is 5.91 Å². The van der Waals surface area contributed by atoms with Crippen LogP contribution in [-0.2, 0) is 5.41 Å². The zero-order valence-electron chi connectivity index (χ0n) is 14.6. The molecule has 3 aromatic rings. The van der Waals surface area contributed by atoms with Crippen LogP contribution in [0.15, 0.2) is 47.8 Å². The van der Waals surface area contributed by atoms with E-state index in [0.29, 0.717) is 5.56 Å². The van der Waals surface area contributed by atoms with Gasteiger partial charge in [-0.05, 0) is 35.2 Å². The highest BCUT2D eigenvalue weighted by atomic mass is 32.1. The Morgan fingerprint density at radius 2 is 1.73 bits per heavy atom. The maximum absolute atomic E-state index is 13.9. The molecule has 2 aromatic carbocycles. The van der Waals surface area contributed by atoms with E-state index in [2.05, 4.69) is 31.1 Å². The van der Waals surface area contributed by atoms with Crippen LogP contribution in [0.5, 0.6) is 0 Å². The van der Waals surface area contributed by atoms with Gasteiger partial charge >= 0.3 is 0 Å². The minimum absolute atomic E-state index is 0.0764. The molecule has 0 bridgehead atoms. The first-order valence-corrected chi connectivity index (χ1v) is 8.95. The third-order valence-corrected chi connectivity index (χ3v) is 4.69. The lowest BCUT2D eigenvalue weighted by Crippen LogP contribution is -2.15. The Balaban J connectivity index is 1.83. The van der Waals surface area contributed by atoms with Gasteiger partial charge in [0.1, 0.15) is 11.6 Å². The van der Waals surface area contributed by atoms with Crippen LogP contribution in [0.25, 0.3) is 11.3 Å². The predicted octanol–water partition coefficient (Wildman–Crippen LogP) is 5.64. The predicted molar refractivity (Wildman–Crippen MR) is 101 cm³/mol. The minimum Gasteiger partial charge on any atom is -0.298 e. The van der Waals surface area contributed by atoms with Gasteiger partial charge < -0.3 is 0 Å². The molecule has 134 valence electrons. The van der Waals surface area contributed by atoms with Gasteiger partial charge in [0, 0.05) is 10.9 Å². The van der Waals surface area contributed by atoms with Crippen LogP contribution in [0.3, 0.4) is 0 Å². The van der Waals surface area contributed by atoms with E-state index in [1.807, 2.05) is 18.2 Å². The molecule has 0 unspecified atom stereocenters. The number of carbonyl (C=O) groups excluding carboxylic acids is 1. The smallest absolute Gasteiger partial charge is 0.257 e. The molecule has 0 aliphatic heterocycles.